The van der Waals surface area contributed by atoms with Crippen LogP contribution in [0.4, 0.5) is 11.1 Å². The molecule has 0 saturated heterocycles. The summed E-state index contributed by atoms with van der Waals surface area (Å²) in [6.45, 7) is 5.22. The molecule has 2 N–H and O–H groups in total. The number of rotatable bonds is 5. The highest BCUT2D eigenvalue weighted by molar-refractivity contribution is 7.17. The number of anilines is 2. The second kappa shape index (κ2) is 6.38. The van der Waals surface area contributed by atoms with Gasteiger partial charge in [-0.1, -0.05) is 40.6 Å². The first-order valence-corrected chi connectivity index (χ1v) is 7.30. The van der Waals surface area contributed by atoms with Gasteiger partial charge in [-0.15, -0.1) is 6.58 Å². The van der Waals surface area contributed by atoms with Gasteiger partial charge in [0.25, 0.3) is 0 Å². The topological polar surface area (TPSA) is 88.0 Å². The fourth-order valence-corrected chi connectivity index (χ4v) is 2.88. The number of carboxylic acid groups (broad SMARTS) is 1. The highest BCUT2D eigenvalue weighted by atomic mass is 35.5. The summed E-state index contributed by atoms with van der Waals surface area (Å²) in [6, 6.07) is 0. The molecule has 0 saturated carbocycles. The predicted octanol–water partition coefficient (Wildman–Crippen LogP) is 3.72. The van der Waals surface area contributed by atoms with E-state index in [1.807, 2.05) is 0 Å². The van der Waals surface area contributed by atoms with Crippen LogP contribution in [0.25, 0.3) is 0 Å². The van der Waals surface area contributed by atoms with Gasteiger partial charge in [-0.25, -0.2) is 19.7 Å². The Hall–Kier alpha value is -1.70. The van der Waals surface area contributed by atoms with Crippen molar-refractivity contribution in [3.63, 3.8) is 0 Å². The lowest BCUT2D eigenvalue weighted by molar-refractivity contribution is 0.0701. The van der Waals surface area contributed by atoms with Crippen molar-refractivity contribution < 1.29 is 9.90 Å². The zero-order valence-electron chi connectivity index (χ0n) is 10.9. The van der Waals surface area contributed by atoms with Crippen LogP contribution in [0.2, 0.25) is 10.3 Å². The Labute approximate surface area is 134 Å². The number of nitrogens with one attached hydrogen (secondary N) is 1. The van der Waals surface area contributed by atoms with E-state index < -0.39 is 5.97 Å². The van der Waals surface area contributed by atoms with Crippen molar-refractivity contribution in [1.29, 1.82) is 0 Å². The summed E-state index contributed by atoms with van der Waals surface area (Å²) in [5.41, 5.74) is 0.996. The number of nitrogens with zero attached hydrogens (tertiary/aromatic N) is 3. The average molecular weight is 345 g/mol. The molecule has 0 aliphatic heterocycles. The third kappa shape index (κ3) is 3.49. The molecule has 110 valence electrons. The number of thiazole rings is 1. The van der Waals surface area contributed by atoms with Crippen LogP contribution in [0, 0.1) is 6.92 Å². The Morgan fingerprint density at radius 3 is 2.48 bits per heavy atom. The smallest absolute Gasteiger partial charge is 0.347 e. The van der Waals surface area contributed by atoms with Gasteiger partial charge in [-0.05, 0) is 13.3 Å². The number of carbonyl (C=O) groups is 1. The zero-order chi connectivity index (χ0) is 15.6. The number of hydrogen-bond acceptors (Lipinski definition) is 6. The Morgan fingerprint density at radius 2 is 2.00 bits per heavy atom. The van der Waals surface area contributed by atoms with E-state index in [0.29, 0.717) is 22.8 Å². The first kappa shape index (κ1) is 15.7. The minimum atomic E-state index is -1.03. The molecule has 2 aromatic rings. The van der Waals surface area contributed by atoms with Crippen LogP contribution in [0.5, 0.6) is 0 Å². The third-order valence-corrected chi connectivity index (χ3v) is 4.15. The molecule has 0 aliphatic carbocycles. The Balaban J connectivity index is 2.30. The predicted molar refractivity (Wildman–Crippen MR) is 83.0 cm³/mol. The van der Waals surface area contributed by atoms with Crippen molar-refractivity contribution in [3.8, 4) is 0 Å². The van der Waals surface area contributed by atoms with E-state index in [1.165, 1.54) is 0 Å². The van der Waals surface area contributed by atoms with Crippen molar-refractivity contribution in [1.82, 2.24) is 15.0 Å². The highest BCUT2D eigenvalue weighted by Gasteiger charge is 2.16. The molecule has 2 heterocycles. The molecule has 0 atom stereocenters. The maximum absolute atomic E-state index is 11.0. The molecule has 6 nitrogen and oxygen atoms in total. The minimum absolute atomic E-state index is 0.151. The monoisotopic (exact) mass is 344 g/mol. The molecule has 0 bridgehead atoms. The van der Waals surface area contributed by atoms with E-state index in [9.17, 15) is 4.79 Å². The summed E-state index contributed by atoms with van der Waals surface area (Å²) < 4.78 is 0. The molecule has 2 rings (SSSR count). The van der Waals surface area contributed by atoms with Crippen LogP contribution in [0.1, 0.15) is 20.9 Å². The molecule has 2 aromatic heterocycles. The summed E-state index contributed by atoms with van der Waals surface area (Å²) >= 11 is 13.0. The van der Waals surface area contributed by atoms with E-state index >= 15 is 0 Å². The standard InChI is InChI=1S/C12H10Cl2N4O2S/c1-3-4-6-8(13)16-11(17-9(6)14)18-12-15-5(2)7(21-12)10(19)20/h3H,1,4H2,2H3,(H,19,20)(H,15,16,17,18). The maximum Gasteiger partial charge on any atom is 0.347 e. The molecule has 21 heavy (non-hydrogen) atoms. The quantitative estimate of drug-likeness (QED) is 0.634. The summed E-state index contributed by atoms with van der Waals surface area (Å²) in [6.07, 6.45) is 2.10. The molecule has 0 unspecified atom stereocenters. The number of carboxylic acids is 1. The first-order chi connectivity index (χ1) is 9.92. The summed E-state index contributed by atoms with van der Waals surface area (Å²) in [5.74, 6) is -0.875. The van der Waals surface area contributed by atoms with Crippen LogP contribution in [0.15, 0.2) is 12.7 Å². The van der Waals surface area contributed by atoms with Crippen LogP contribution in [-0.4, -0.2) is 26.0 Å². The lowest BCUT2D eigenvalue weighted by Crippen LogP contribution is -2.00. The zero-order valence-corrected chi connectivity index (χ0v) is 13.2. The number of hydrogen-bond donors (Lipinski definition) is 2. The van der Waals surface area contributed by atoms with Gasteiger partial charge in [-0.3, -0.25) is 5.32 Å². The molecule has 0 radical (unpaired) electrons. The van der Waals surface area contributed by atoms with Gasteiger partial charge in [0.05, 0.1) is 5.69 Å². The number of aromatic nitrogens is 3. The van der Waals surface area contributed by atoms with Gasteiger partial charge >= 0.3 is 5.97 Å². The van der Waals surface area contributed by atoms with Gasteiger partial charge in [0.1, 0.15) is 15.2 Å². The second-order valence-corrected chi connectivity index (χ2v) is 5.68. The van der Waals surface area contributed by atoms with E-state index in [4.69, 9.17) is 28.3 Å². The first-order valence-electron chi connectivity index (χ1n) is 5.73. The average Bonchev–Trinajstić information content (AvgIpc) is 2.75. The van der Waals surface area contributed by atoms with Gasteiger partial charge in [0.15, 0.2) is 5.13 Å². The van der Waals surface area contributed by atoms with Crippen molar-refractivity contribution in [2.24, 2.45) is 0 Å². The Morgan fingerprint density at radius 1 is 1.38 bits per heavy atom. The lowest BCUT2D eigenvalue weighted by Gasteiger charge is -2.06. The number of aromatic carboxylic acids is 1. The van der Waals surface area contributed by atoms with Crippen molar-refractivity contribution in [2.75, 3.05) is 5.32 Å². The number of halogens is 2. The normalized spacial score (nSPS) is 10.4. The van der Waals surface area contributed by atoms with Gasteiger partial charge in [0.2, 0.25) is 5.95 Å². The van der Waals surface area contributed by atoms with E-state index in [-0.39, 0.29) is 21.1 Å². The summed E-state index contributed by atoms with van der Waals surface area (Å²) in [5, 5.41) is 12.6. The summed E-state index contributed by atoms with van der Waals surface area (Å²) in [7, 11) is 0. The molecule has 9 heteroatoms. The third-order valence-electron chi connectivity index (χ3n) is 2.46. The van der Waals surface area contributed by atoms with Gasteiger partial charge in [-0.2, -0.15) is 0 Å². The van der Waals surface area contributed by atoms with Crippen LogP contribution >= 0.6 is 34.5 Å². The molecule has 0 fully saturated rings. The van der Waals surface area contributed by atoms with Crippen molar-refractivity contribution in [3.05, 3.63) is 39.1 Å². The molecule has 0 amide bonds. The molecule has 0 aromatic carbocycles. The van der Waals surface area contributed by atoms with Crippen molar-refractivity contribution >= 4 is 51.6 Å². The number of aryl methyl sites for hydroxylation is 1. The molecular weight excluding hydrogens is 335 g/mol. The van der Waals surface area contributed by atoms with Crippen molar-refractivity contribution in [2.45, 2.75) is 13.3 Å². The van der Waals surface area contributed by atoms with E-state index in [2.05, 4.69) is 26.8 Å². The van der Waals surface area contributed by atoms with E-state index in [1.54, 1.807) is 13.0 Å². The number of allylic oxidation sites excluding steroid dienone is 1. The lowest BCUT2D eigenvalue weighted by atomic mass is 10.2. The second-order valence-electron chi connectivity index (χ2n) is 3.96. The Kier molecular flexibility index (Phi) is 4.76. The van der Waals surface area contributed by atoms with Crippen LogP contribution < -0.4 is 5.32 Å². The van der Waals surface area contributed by atoms with Gasteiger partial charge < -0.3 is 5.11 Å². The molecule has 0 spiro atoms. The molecule has 0 aliphatic rings. The van der Waals surface area contributed by atoms with Crippen LogP contribution in [0.3, 0.4) is 0 Å². The van der Waals surface area contributed by atoms with Gasteiger partial charge in [0, 0.05) is 5.56 Å². The largest absolute Gasteiger partial charge is 0.477 e. The SMILES string of the molecule is C=CCc1c(Cl)nc(Nc2nc(C)c(C(=O)O)s2)nc1Cl. The Bertz CT molecular complexity index is 694. The molecular formula is C12H10Cl2N4O2S. The van der Waals surface area contributed by atoms with E-state index in [0.717, 1.165) is 11.3 Å². The fraction of sp³-hybridized carbons (Fsp3) is 0.167. The maximum atomic E-state index is 11.0. The summed E-state index contributed by atoms with van der Waals surface area (Å²) in [4.78, 5) is 23.3. The minimum Gasteiger partial charge on any atom is -0.477 e. The highest BCUT2D eigenvalue weighted by Crippen LogP contribution is 2.28. The fourth-order valence-electron chi connectivity index (χ4n) is 1.54. The van der Waals surface area contributed by atoms with Crippen LogP contribution in [-0.2, 0) is 6.42 Å².